The Hall–Kier alpha value is -3.46. The highest BCUT2D eigenvalue weighted by Crippen LogP contribution is 2.44. The fraction of sp³-hybridized carbons (Fsp3) is 0.143. The number of hydrogen-bond donors (Lipinski definition) is 4. The maximum Gasteiger partial charge on any atom is 0.173 e. The Labute approximate surface area is 238 Å². The van der Waals surface area contributed by atoms with Gasteiger partial charge in [-0.2, -0.15) is 0 Å². The first-order valence-corrected chi connectivity index (χ1v) is 13.5. The van der Waals surface area contributed by atoms with E-state index in [9.17, 15) is 9.59 Å². The van der Waals surface area contributed by atoms with Crippen LogP contribution in [0, 0.1) is 25.7 Å². The molecular formula is C28H24N2O8S2. The lowest BCUT2D eigenvalue weighted by molar-refractivity contribution is -0.432. The van der Waals surface area contributed by atoms with Gasteiger partial charge in [-0.25, -0.2) is 10.5 Å². The molecule has 0 aromatic heterocycles. The third kappa shape index (κ3) is 5.70. The number of allylic oxidation sites excluding steroid dienone is 4. The van der Waals surface area contributed by atoms with Gasteiger partial charge in [0.05, 0.1) is 79.6 Å². The molecule has 0 bridgehead atoms. The SMILES string of the molecule is Cc1ccc(Nc2ccc(Nc3ccc(C)cc3SOOO)c3c2C(=O)C2C=CC=CC2C3=O)c(SOOO)c1. The van der Waals surface area contributed by atoms with E-state index >= 15 is 0 Å². The van der Waals surface area contributed by atoms with Crippen LogP contribution >= 0.6 is 24.1 Å². The maximum atomic E-state index is 13.9. The highest BCUT2D eigenvalue weighted by atomic mass is 32.2. The predicted octanol–water partition coefficient (Wildman–Crippen LogP) is 7.38. The number of ketones is 2. The van der Waals surface area contributed by atoms with E-state index in [4.69, 9.17) is 10.5 Å². The van der Waals surface area contributed by atoms with E-state index in [2.05, 4.69) is 29.4 Å². The zero-order valence-electron chi connectivity index (χ0n) is 21.2. The van der Waals surface area contributed by atoms with Crippen LogP contribution in [0.3, 0.4) is 0 Å². The summed E-state index contributed by atoms with van der Waals surface area (Å²) in [4.78, 5) is 29.0. The fourth-order valence-corrected chi connectivity index (χ4v) is 5.85. The average Bonchev–Trinajstić information content (AvgIpc) is 2.96. The van der Waals surface area contributed by atoms with Gasteiger partial charge in [-0.05, 0) is 61.4 Å². The molecule has 2 atom stereocenters. The Morgan fingerprint density at radius 1 is 0.650 bits per heavy atom. The lowest BCUT2D eigenvalue weighted by atomic mass is 9.71. The molecule has 12 heteroatoms. The van der Waals surface area contributed by atoms with Gasteiger partial charge < -0.3 is 10.6 Å². The van der Waals surface area contributed by atoms with Gasteiger partial charge in [0.2, 0.25) is 0 Å². The molecule has 0 amide bonds. The lowest BCUT2D eigenvalue weighted by Crippen LogP contribution is -2.36. The number of carbonyl (C=O) groups is 2. The Kier molecular flexibility index (Phi) is 8.69. The normalized spacial score (nSPS) is 17.5. The number of nitrogens with one attached hydrogen (secondary N) is 2. The predicted molar refractivity (Wildman–Crippen MR) is 151 cm³/mol. The molecule has 2 aliphatic rings. The zero-order chi connectivity index (χ0) is 28.2. The number of fused-ring (bicyclic) bond motifs is 2. The van der Waals surface area contributed by atoms with Gasteiger partial charge in [0.25, 0.3) is 0 Å². The molecule has 0 aliphatic heterocycles. The van der Waals surface area contributed by atoms with Gasteiger partial charge in [0.15, 0.2) is 11.6 Å². The molecule has 4 N–H and O–H groups in total. The number of anilines is 4. The van der Waals surface area contributed by atoms with Crippen LogP contribution in [0.25, 0.3) is 0 Å². The van der Waals surface area contributed by atoms with Crippen molar-refractivity contribution in [1.29, 1.82) is 0 Å². The van der Waals surface area contributed by atoms with Crippen molar-refractivity contribution in [3.8, 4) is 0 Å². The van der Waals surface area contributed by atoms with Gasteiger partial charge >= 0.3 is 0 Å². The fourth-order valence-electron chi connectivity index (χ4n) is 4.76. The molecule has 2 aliphatic carbocycles. The second-order valence-corrected chi connectivity index (χ2v) is 10.6. The molecule has 5 rings (SSSR count). The summed E-state index contributed by atoms with van der Waals surface area (Å²) < 4.78 is 9.31. The Morgan fingerprint density at radius 2 is 1.05 bits per heavy atom. The van der Waals surface area contributed by atoms with Gasteiger partial charge in [0, 0.05) is 0 Å². The van der Waals surface area contributed by atoms with Gasteiger partial charge in [-0.3, -0.25) is 9.59 Å². The summed E-state index contributed by atoms with van der Waals surface area (Å²) in [7, 11) is 0. The molecule has 0 fully saturated rings. The summed E-state index contributed by atoms with van der Waals surface area (Å²) in [5.74, 6) is -1.64. The minimum atomic E-state index is -0.626. The number of rotatable bonds is 10. The highest BCUT2D eigenvalue weighted by Gasteiger charge is 2.42. The quantitative estimate of drug-likeness (QED) is 0.108. The van der Waals surface area contributed by atoms with E-state index in [1.165, 1.54) is 0 Å². The molecule has 0 spiro atoms. The van der Waals surface area contributed by atoms with Gasteiger partial charge in [-0.1, -0.05) is 46.5 Å². The zero-order valence-corrected chi connectivity index (χ0v) is 22.9. The standard InChI is InChI=1S/C28H24N2O8S2/c1-15-7-9-19(23(13-15)39-37-35-33)29-21-11-12-22(30-20-10-8-16(2)14-24(20)40-38-36-34)26-25(21)27(31)17-5-3-4-6-18(17)28(26)32/h3-14,17-18,29-30,33-34H,1-2H3. The van der Waals surface area contributed by atoms with Crippen molar-refractivity contribution in [2.24, 2.45) is 11.8 Å². The summed E-state index contributed by atoms with van der Waals surface area (Å²) in [6.07, 6.45) is 7.04. The van der Waals surface area contributed by atoms with Crippen LogP contribution in [0.4, 0.5) is 22.7 Å². The van der Waals surface area contributed by atoms with E-state index in [1.807, 2.05) is 38.1 Å². The third-order valence-corrected chi connectivity index (χ3v) is 7.85. The smallest absolute Gasteiger partial charge is 0.173 e. The molecule has 3 aromatic rings. The molecule has 206 valence electrons. The highest BCUT2D eigenvalue weighted by molar-refractivity contribution is 7.95. The van der Waals surface area contributed by atoms with E-state index in [0.29, 0.717) is 32.5 Å². The number of benzene rings is 3. The number of Topliss-reactive ketones (excluding diaryl/α,β-unsaturated/α-hetero) is 2. The van der Waals surface area contributed by atoms with Crippen LogP contribution in [0.5, 0.6) is 0 Å². The molecule has 40 heavy (non-hydrogen) atoms. The van der Waals surface area contributed by atoms with Gasteiger partial charge in [0.1, 0.15) is 0 Å². The van der Waals surface area contributed by atoms with Crippen molar-refractivity contribution in [2.75, 3.05) is 10.6 Å². The van der Waals surface area contributed by atoms with Crippen LogP contribution in [-0.2, 0) is 18.7 Å². The van der Waals surface area contributed by atoms with Crippen LogP contribution in [0.1, 0.15) is 31.8 Å². The van der Waals surface area contributed by atoms with Crippen LogP contribution in [0.2, 0.25) is 0 Å². The Balaban J connectivity index is 1.61. The maximum absolute atomic E-state index is 13.9. The lowest BCUT2D eigenvalue weighted by Gasteiger charge is -2.31. The molecule has 0 heterocycles. The second kappa shape index (κ2) is 12.4. The first kappa shape index (κ1) is 28.1. The van der Waals surface area contributed by atoms with Gasteiger partial charge in [-0.15, -0.1) is 8.67 Å². The molecule has 10 nitrogen and oxygen atoms in total. The van der Waals surface area contributed by atoms with E-state index in [-0.39, 0.29) is 22.7 Å². The van der Waals surface area contributed by atoms with E-state index in [1.54, 1.807) is 48.6 Å². The van der Waals surface area contributed by atoms with Crippen LogP contribution in [0.15, 0.2) is 82.6 Å². The van der Waals surface area contributed by atoms with Crippen molar-refractivity contribution in [2.45, 2.75) is 23.6 Å². The minimum absolute atomic E-state index is 0.196. The van der Waals surface area contributed by atoms with Crippen LogP contribution < -0.4 is 10.6 Å². The number of carbonyl (C=O) groups excluding carboxylic acids is 2. The third-order valence-electron chi connectivity index (χ3n) is 6.56. The molecule has 0 saturated carbocycles. The summed E-state index contributed by atoms with van der Waals surface area (Å²) in [6, 6.07) is 14.4. The molecule has 3 aromatic carbocycles. The monoisotopic (exact) mass is 580 g/mol. The number of hydrogen-bond acceptors (Lipinski definition) is 12. The van der Waals surface area contributed by atoms with Crippen molar-refractivity contribution in [1.82, 2.24) is 0 Å². The largest absolute Gasteiger partial charge is 0.354 e. The molecular weight excluding hydrogens is 556 g/mol. The van der Waals surface area contributed by atoms with E-state index < -0.39 is 11.8 Å². The van der Waals surface area contributed by atoms with E-state index in [0.717, 1.165) is 35.2 Å². The van der Waals surface area contributed by atoms with Crippen molar-refractivity contribution in [3.05, 3.63) is 95.1 Å². The molecule has 0 saturated heterocycles. The van der Waals surface area contributed by atoms with Crippen molar-refractivity contribution < 1.29 is 38.8 Å². The molecule has 0 radical (unpaired) electrons. The second-order valence-electron chi connectivity index (χ2n) is 9.16. The summed E-state index contributed by atoms with van der Waals surface area (Å²) in [5.41, 5.74) is 4.41. The Morgan fingerprint density at radius 3 is 1.45 bits per heavy atom. The summed E-state index contributed by atoms with van der Waals surface area (Å²) >= 11 is 1.58. The van der Waals surface area contributed by atoms with Crippen molar-refractivity contribution >= 4 is 58.4 Å². The topological polar surface area (TPSA) is 136 Å². The average molecular weight is 581 g/mol. The summed E-state index contributed by atoms with van der Waals surface area (Å²) in [5, 5.41) is 31.4. The summed E-state index contributed by atoms with van der Waals surface area (Å²) in [6.45, 7) is 3.80. The van der Waals surface area contributed by atoms with Crippen LogP contribution in [-0.4, -0.2) is 22.1 Å². The van der Waals surface area contributed by atoms with Crippen molar-refractivity contribution in [3.63, 3.8) is 0 Å². The Bertz CT molecular complexity index is 1410. The first-order valence-electron chi connectivity index (χ1n) is 12.1. The first-order chi connectivity index (χ1) is 19.4. The number of aryl methyl sites for hydroxylation is 2. The molecule has 2 unspecified atom stereocenters. The minimum Gasteiger partial charge on any atom is -0.354 e.